The molecule has 0 fully saturated rings. The molecule has 0 saturated heterocycles. The molecule has 0 bridgehead atoms. The van der Waals surface area contributed by atoms with Gasteiger partial charge in [0, 0.05) is 40.4 Å². The predicted molar refractivity (Wildman–Crippen MR) is 268 cm³/mol. The molecule has 9 aromatic rings. The summed E-state index contributed by atoms with van der Waals surface area (Å²) in [7, 11) is 0. The fourth-order valence-corrected chi connectivity index (χ4v) is 7.96. The van der Waals surface area contributed by atoms with Gasteiger partial charge in [-0.25, -0.2) is 0 Å². The Hall–Kier alpha value is -6.51. The molecule has 67 heavy (non-hydrogen) atoms. The van der Waals surface area contributed by atoms with E-state index in [2.05, 4.69) is 39.2 Å². The molecule has 0 saturated carbocycles. The maximum Gasteiger partial charge on any atom is 3.00 e. The smallest absolute Gasteiger partial charge is 0.501 e. The molecular formula is C61H55IrN4O. The molecule has 334 valence electrons. The second-order valence-corrected chi connectivity index (χ2v) is 17.1. The molecule has 0 amide bonds. The Labute approximate surface area is 426 Å². The van der Waals surface area contributed by atoms with Crippen LogP contribution in [0.5, 0.6) is 0 Å². The summed E-state index contributed by atoms with van der Waals surface area (Å²) in [4.78, 5) is 13.8. The third kappa shape index (κ3) is 10.6. The minimum absolute atomic E-state index is 0. The first-order valence-corrected chi connectivity index (χ1v) is 22.0. The Morgan fingerprint density at radius 1 is 0.537 bits per heavy atom. The number of benzene rings is 5. The molecule has 4 aromatic heterocycles. The first-order chi connectivity index (χ1) is 36.6. The molecule has 0 spiro atoms. The van der Waals surface area contributed by atoms with E-state index in [1.54, 1.807) is 78.9 Å². The summed E-state index contributed by atoms with van der Waals surface area (Å²) in [5, 5.41) is 11.0. The van der Waals surface area contributed by atoms with Gasteiger partial charge in [0.25, 0.3) is 0 Å². The minimum Gasteiger partial charge on any atom is -0.501 e. The monoisotopic (exact) mass is 1060 g/mol. The van der Waals surface area contributed by atoms with Gasteiger partial charge in [0.1, 0.15) is 5.58 Å². The quantitative estimate of drug-likeness (QED) is 0.0956. The van der Waals surface area contributed by atoms with Crippen LogP contribution in [0.3, 0.4) is 0 Å². The molecular weight excluding hydrogens is 997 g/mol. The zero-order valence-electron chi connectivity index (χ0n) is 50.0. The van der Waals surface area contributed by atoms with E-state index in [-0.39, 0.29) is 48.6 Å². The molecule has 0 radical (unpaired) electrons. The first-order valence-electron chi connectivity index (χ1n) is 28.0. The van der Waals surface area contributed by atoms with Crippen molar-refractivity contribution in [3.63, 3.8) is 0 Å². The number of aromatic nitrogens is 3. The Balaban J connectivity index is 0.00000822. The second-order valence-electron chi connectivity index (χ2n) is 17.1. The number of fused-ring (bicyclic) bond motifs is 3. The van der Waals surface area contributed by atoms with Gasteiger partial charge in [-0.15, -0.1) is 90.0 Å². The van der Waals surface area contributed by atoms with Crippen LogP contribution >= 0.6 is 0 Å². The van der Waals surface area contributed by atoms with E-state index in [1.807, 2.05) is 59.7 Å². The summed E-state index contributed by atoms with van der Waals surface area (Å²) in [6.07, 6.45) is -14.6. The van der Waals surface area contributed by atoms with Crippen molar-refractivity contribution in [1.29, 1.82) is 5.26 Å². The van der Waals surface area contributed by atoms with Crippen molar-refractivity contribution < 1.29 is 41.0 Å². The Morgan fingerprint density at radius 2 is 1.01 bits per heavy atom. The molecule has 0 aliphatic rings. The van der Waals surface area contributed by atoms with Gasteiger partial charge in [0.05, 0.1) is 17.2 Å². The Kier molecular flexibility index (Phi) is 10.6. The SMILES string of the molecule is [2H]C([2H])(c1cc(C([2H])([2H])C([2H])([2H])c2cnc(-c3[c-]cccc3)cc2C(C)C)cc(C([2H])([2H])C([2H])([2H])c2cnc(-c3[c-]ccc4c3oc3cc(C#N)ccc34)cc2C(C)C)c1)C([2H])([2H])c1cnc(-c2[c-]cccc2)cc1C(C)C.[Ir+3]. The molecule has 5 nitrogen and oxygen atoms in total. The van der Waals surface area contributed by atoms with Crippen molar-refractivity contribution in [2.45, 2.75) is 97.5 Å². The Morgan fingerprint density at radius 3 is 1.46 bits per heavy atom. The van der Waals surface area contributed by atoms with E-state index in [4.69, 9.17) is 4.42 Å². The molecule has 0 aliphatic carbocycles. The number of nitriles is 1. The normalized spacial score (nSPS) is 15.4. The number of rotatable bonds is 15. The first kappa shape index (κ1) is 33.9. The second kappa shape index (κ2) is 21.0. The summed E-state index contributed by atoms with van der Waals surface area (Å²) in [6.45, 7) is 10.9. The van der Waals surface area contributed by atoms with Gasteiger partial charge in [-0.2, -0.15) is 5.26 Å². The summed E-state index contributed by atoms with van der Waals surface area (Å²) in [5.74, 6) is -1.14. The molecule has 0 N–H and O–H groups in total. The van der Waals surface area contributed by atoms with E-state index >= 15 is 0 Å². The van der Waals surface area contributed by atoms with Gasteiger partial charge in [-0.3, -0.25) is 0 Å². The van der Waals surface area contributed by atoms with E-state index < -0.39 is 60.8 Å². The molecule has 0 aliphatic heterocycles. The zero-order valence-corrected chi connectivity index (χ0v) is 40.4. The molecule has 6 heteroatoms. The molecule has 9 rings (SSSR count). The van der Waals surface area contributed by atoms with Crippen LogP contribution in [0.15, 0.2) is 138 Å². The number of furan rings is 1. The molecule has 4 heterocycles. The molecule has 5 aromatic carbocycles. The third-order valence-corrected chi connectivity index (χ3v) is 11.4. The van der Waals surface area contributed by atoms with Crippen molar-refractivity contribution in [3.8, 4) is 39.8 Å². The summed E-state index contributed by atoms with van der Waals surface area (Å²) in [6, 6.07) is 42.5. The largest absolute Gasteiger partial charge is 3.00 e. The van der Waals surface area contributed by atoms with Crippen LogP contribution in [0, 0.1) is 29.5 Å². The summed E-state index contributed by atoms with van der Waals surface area (Å²) in [5.41, 5.74) is 3.37. The topological polar surface area (TPSA) is 75.6 Å². The number of hydrogen-bond acceptors (Lipinski definition) is 5. The van der Waals surface area contributed by atoms with Crippen LogP contribution in [0.1, 0.15) is 131 Å². The maximum atomic E-state index is 9.86. The van der Waals surface area contributed by atoms with E-state index in [9.17, 15) is 21.7 Å². The van der Waals surface area contributed by atoms with Gasteiger partial charge >= 0.3 is 20.1 Å². The summed E-state index contributed by atoms with van der Waals surface area (Å²) >= 11 is 0. The van der Waals surface area contributed by atoms with E-state index in [1.165, 1.54) is 18.6 Å². The van der Waals surface area contributed by atoms with Crippen molar-refractivity contribution in [2.75, 3.05) is 0 Å². The maximum absolute atomic E-state index is 9.86. The number of nitrogens with zero attached hydrogens (tertiary/aromatic N) is 4. The average Bonchev–Trinajstić information content (AvgIpc) is 3.82. The van der Waals surface area contributed by atoms with Crippen molar-refractivity contribution in [3.05, 3.63) is 208 Å². The van der Waals surface area contributed by atoms with Crippen LogP contribution in [0.25, 0.3) is 55.7 Å². The predicted octanol–water partition coefficient (Wildman–Crippen LogP) is 14.8. The van der Waals surface area contributed by atoms with Gasteiger partial charge in [-0.05, 0) is 135 Å². The third-order valence-electron chi connectivity index (χ3n) is 11.4. The van der Waals surface area contributed by atoms with Crippen LogP contribution in [-0.2, 0) is 58.3 Å². The average molecular weight is 1060 g/mol. The van der Waals surface area contributed by atoms with Gasteiger partial charge in [0.15, 0.2) is 0 Å². The van der Waals surface area contributed by atoms with Crippen LogP contribution in [0.2, 0.25) is 0 Å². The fraction of sp³-hybridized carbons (Fsp3) is 0.246. The number of hydrogen-bond donors (Lipinski definition) is 0. The van der Waals surface area contributed by atoms with Crippen molar-refractivity contribution >= 4 is 21.9 Å². The zero-order chi connectivity index (χ0) is 56.5. The van der Waals surface area contributed by atoms with Crippen LogP contribution in [-0.4, -0.2) is 15.0 Å². The minimum atomic E-state index is -3.17. The molecule has 0 unspecified atom stereocenters. The van der Waals surface area contributed by atoms with Crippen molar-refractivity contribution in [1.82, 2.24) is 15.0 Å². The van der Waals surface area contributed by atoms with E-state index in [0.29, 0.717) is 67.2 Å². The summed E-state index contributed by atoms with van der Waals surface area (Å²) < 4.78 is 123. The van der Waals surface area contributed by atoms with Crippen LogP contribution < -0.4 is 0 Å². The van der Waals surface area contributed by atoms with Gasteiger partial charge < -0.3 is 19.4 Å². The van der Waals surface area contributed by atoms with Gasteiger partial charge in [0.2, 0.25) is 0 Å². The number of aryl methyl sites for hydroxylation is 6. The number of pyridine rings is 3. The Bertz CT molecular complexity index is 3640. The van der Waals surface area contributed by atoms with Crippen LogP contribution in [0.4, 0.5) is 0 Å². The van der Waals surface area contributed by atoms with E-state index in [0.717, 1.165) is 29.0 Å². The standard InChI is InChI=1S/C61H55N4O.Ir/c1-39(2)54-32-57(46-14-9-7-10-15-46)63-36-48(54)24-20-42-28-43(21-25-49-37-64-58(33-55(49)40(3)4)47-16-11-8-12-17-47)30-44(29-42)22-26-50-38-65-59(34-56(50)41(5)6)53-19-13-18-52-51-27-23-45(35-62)31-60(51)66-61(52)53;/h7-14,16,18,23,27-34,36-41H,20-22,24-26H2,1-6H3;/q-3;+3/i20D2,21D2,22D2,24D2,25D2,26D2;. The fourth-order valence-electron chi connectivity index (χ4n) is 7.96. The van der Waals surface area contributed by atoms with Gasteiger partial charge in [-0.1, -0.05) is 95.0 Å². The van der Waals surface area contributed by atoms with Crippen molar-refractivity contribution in [2.24, 2.45) is 0 Å². The molecule has 0 atom stereocenters.